The highest BCUT2D eigenvalue weighted by Crippen LogP contribution is 2.34. The van der Waals surface area contributed by atoms with Gasteiger partial charge in [0.2, 0.25) is 5.96 Å². The van der Waals surface area contributed by atoms with E-state index in [-0.39, 0.29) is 11.9 Å². The molecule has 1 saturated carbocycles. The summed E-state index contributed by atoms with van der Waals surface area (Å²) < 4.78 is 7.37. The molecule has 3 N–H and O–H groups in total. The van der Waals surface area contributed by atoms with Crippen LogP contribution >= 0.6 is 11.6 Å². The van der Waals surface area contributed by atoms with Crippen LogP contribution in [0.4, 0.5) is 6.01 Å². The van der Waals surface area contributed by atoms with Crippen molar-refractivity contribution in [3.63, 3.8) is 0 Å². The fraction of sp³-hybridized carbons (Fsp3) is 0.364. The molecular formula is C22H24ClN7O2. The Morgan fingerprint density at radius 2 is 2.06 bits per heavy atom. The molecule has 0 radical (unpaired) electrons. The van der Waals surface area contributed by atoms with Crippen LogP contribution in [0, 0.1) is 0 Å². The summed E-state index contributed by atoms with van der Waals surface area (Å²) in [7, 11) is 1.78. The summed E-state index contributed by atoms with van der Waals surface area (Å²) in [6.45, 7) is 1.84. The van der Waals surface area contributed by atoms with Gasteiger partial charge in [-0.05, 0) is 31.9 Å². The lowest BCUT2D eigenvalue weighted by molar-refractivity contribution is -0.118. The first-order valence-electron chi connectivity index (χ1n) is 10.7. The Morgan fingerprint density at radius 3 is 2.78 bits per heavy atom. The fourth-order valence-corrected chi connectivity index (χ4v) is 4.54. The Bertz CT molecular complexity index is 1200. The summed E-state index contributed by atoms with van der Waals surface area (Å²) >= 11 is 6.45. The molecule has 3 aromatic rings. The predicted octanol–water partition coefficient (Wildman–Crippen LogP) is 3.66. The molecule has 0 saturated heterocycles. The minimum atomic E-state index is -0.668. The highest BCUT2D eigenvalue weighted by atomic mass is 35.5. The molecule has 10 heteroatoms. The van der Waals surface area contributed by atoms with Crippen LogP contribution in [0.1, 0.15) is 44.3 Å². The lowest BCUT2D eigenvalue weighted by Crippen LogP contribution is -2.41. The molecule has 32 heavy (non-hydrogen) atoms. The molecule has 1 aliphatic heterocycles. The van der Waals surface area contributed by atoms with E-state index in [9.17, 15) is 4.79 Å². The van der Waals surface area contributed by atoms with Crippen molar-refractivity contribution in [3.05, 3.63) is 52.4 Å². The quantitative estimate of drug-likeness (QED) is 0.556. The van der Waals surface area contributed by atoms with Crippen molar-refractivity contribution in [2.75, 3.05) is 5.32 Å². The highest BCUT2D eigenvalue weighted by Gasteiger charge is 2.34. The number of carbonyl (C=O) groups is 1. The molecule has 3 heterocycles. The summed E-state index contributed by atoms with van der Waals surface area (Å²) in [4.78, 5) is 22.4. The van der Waals surface area contributed by atoms with E-state index in [2.05, 4.69) is 26.0 Å². The molecular weight excluding hydrogens is 430 g/mol. The number of carbonyl (C=O) groups excluding carboxylic acids is 1. The Balaban J connectivity index is 1.47. The molecule has 1 atom stereocenters. The van der Waals surface area contributed by atoms with E-state index >= 15 is 0 Å². The Kier molecular flexibility index (Phi) is 5.34. The van der Waals surface area contributed by atoms with Crippen molar-refractivity contribution in [1.82, 2.24) is 25.4 Å². The molecule has 1 unspecified atom stereocenters. The number of nitrogens with one attached hydrogen (secondary N) is 3. The SMILES string of the molecule is CC1=C(C(=O)NC2CCCC2)C(c2nn(C)cc2Cl)N=C(Nc2nc3ccccc3o2)N1. The van der Waals surface area contributed by atoms with Gasteiger partial charge in [0.05, 0.1) is 10.6 Å². The van der Waals surface area contributed by atoms with Crippen LogP contribution in [0.3, 0.4) is 0 Å². The van der Waals surface area contributed by atoms with Crippen LogP contribution in [0.25, 0.3) is 11.1 Å². The molecule has 1 aromatic carbocycles. The third kappa shape index (κ3) is 3.95. The Labute approximate surface area is 189 Å². The average Bonchev–Trinajstić information content (AvgIpc) is 3.47. The third-order valence-electron chi connectivity index (χ3n) is 5.77. The Morgan fingerprint density at radius 1 is 1.28 bits per heavy atom. The van der Waals surface area contributed by atoms with Crippen LogP contribution in [0.5, 0.6) is 0 Å². The van der Waals surface area contributed by atoms with Crippen LogP contribution in [0.2, 0.25) is 5.02 Å². The van der Waals surface area contributed by atoms with Gasteiger partial charge in [0.15, 0.2) is 5.58 Å². The van der Waals surface area contributed by atoms with Crippen molar-refractivity contribution in [2.45, 2.75) is 44.7 Å². The molecule has 1 fully saturated rings. The largest absolute Gasteiger partial charge is 0.423 e. The zero-order valence-corrected chi connectivity index (χ0v) is 18.6. The van der Waals surface area contributed by atoms with Crippen molar-refractivity contribution < 1.29 is 9.21 Å². The monoisotopic (exact) mass is 453 g/mol. The van der Waals surface area contributed by atoms with Crippen LogP contribution < -0.4 is 16.0 Å². The average molecular weight is 454 g/mol. The molecule has 2 aromatic heterocycles. The fourth-order valence-electron chi connectivity index (χ4n) is 4.25. The van der Waals surface area contributed by atoms with Crippen molar-refractivity contribution in [2.24, 2.45) is 12.0 Å². The molecule has 166 valence electrons. The predicted molar refractivity (Wildman–Crippen MR) is 122 cm³/mol. The van der Waals surface area contributed by atoms with Gasteiger partial charge < -0.3 is 15.1 Å². The Hall–Kier alpha value is -3.33. The maximum atomic E-state index is 13.2. The lowest BCUT2D eigenvalue weighted by atomic mass is 9.99. The number of oxazole rings is 1. The van der Waals surface area contributed by atoms with E-state index in [4.69, 9.17) is 21.0 Å². The number of allylic oxidation sites excluding steroid dienone is 1. The van der Waals surface area contributed by atoms with Gasteiger partial charge in [-0.1, -0.05) is 36.6 Å². The molecule has 1 aliphatic carbocycles. The summed E-state index contributed by atoms with van der Waals surface area (Å²) in [5.41, 5.74) is 3.09. The number of rotatable bonds is 4. The topological polar surface area (TPSA) is 109 Å². The number of hydrogen-bond donors (Lipinski definition) is 3. The van der Waals surface area contributed by atoms with Crippen molar-refractivity contribution in [1.29, 1.82) is 0 Å². The first-order chi connectivity index (χ1) is 15.5. The third-order valence-corrected chi connectivity index (χ3v) is 6.06. The van der Waals surface area contributed by atoms with Crippen LogP contribution in [-0.2, 0) is 11.8 Å². The van der Waals surface area contributed by atoms with Gasteiger partial charge in [-0.15, -0.1) is 0 Å². The zero-order valence-electron chi connectivity index (χ0n) is 17.9. The van der Waals surface area contributed by atoms with Crippen molar-refractivity contribution in [3.8, 4) is 0 Å². The molecule has 9 nitrogen and oxygen atoms in total. The molecule has 2 aliphatic rings. The highest BCUT2D eigenvalue weighted by molar-refractivity contribution is 6.31. The van der Waals surface area contributed by atoms with Crippen LogP contribution in [0.15, 0.2) is 51.1 Å². The number of nitrogens with zero attached hydrogens (tertiary/aromatic N) is 4. The van der Waals surface area contributed by atoms with Crippen molar-refractivity contribution >= 4 is 40.6 Å². The smallest absolute Gasteiger partial charge is 0.302 e. The number of amides is 1. The number of halogens is 1. The first-order valence-corrected chi connectivity index (χ1v) is 11.0. The second-order valence-corrected chi connectivity index (χ2v) is 8.55. The number of para-hydroxylation sites is 2. The molecule has 5 rings (SSSR count). The number of aromatic nitrogens is 3. The standard InChI is InChI=1S/C22H24ClN7O2/c1-12-17(20(31)25-13-7-3-4-8-13)19(18-14(23)11-30(2)29-18)27-21(24-12)28-22-26-15-9-5-6-10-16(15)32-22/h5-6,9-11,13,19H,3-4,7-8H2,1-2H3,(H,25,31)(H2,24,26,27,28). The van der Waals surface area contributed by atoms with E-state index < -0.39 is 6.04 Å². The summed E-state index contributed by atoms with van der Waals surface area (Å²) in [6, 6.07) is 7.31. The van der Waals surface area contributed by atoms with Gasteiger partial charge in [-0.2, -0.15) is 10.1 Å². The van der Waals surface area contributed by atoms with Gasteiger partial charge in [0.25, 0.3) is 5.91 Å². The van der Waals surface area contributed by atoms with Gasteiger partial charge in [-0.3, -0.25) is 14.8 Å². The first kappa shape index (κ1) is 20.6. The van der Waals surface area contributed by atoms with Gasteiger partial charge in [-0.25, -0.2) is 4.99 Å². The maximum Gasteiger partial charge on any atom is 0.302 e. The van der Waals surface area contributed by atoms with E-state index in [0.29, 0.717) is 39.5 Å². The van der Waals surface area contributed by atoms with E-state index in [1.54, 1.807) is 17.9 Å². The summed E-state index contributed by atoms with van der Waals surface area (Å²) in [5.74, 6) is 0.247. The number of aliphatic imine (C=N–C) groups is 1. The summed E-state index contributed by atoms with van der Waals surface area (Å²) in [5, 5.41) is 14.3. The second kappa shape index (κ2) is 8.31. The maximum absolute atomic E-state index is 13.2. The molecule has 1 amide bonds. The lowest BCUT2D eigenvalue weighted by Gasteiger charge is -2.26. The number of fused-ring (bicyclic) bond motifs is 1. The normalized spacial score (nSPS) is 19.2. The molecule has 0 spiro atoms. The number of guanidine groups is 1. The summed E-state index contributed by atoms with van der Waals surface area (Å²) in [6.07, 6.45) is 5.95. The van der Waals surface area contributed by atoms with Gasteiger partial charge in [0.1, 0.15) is 17.3 Å². The minimum Gasteiger partial charge on any atom is -0.423 e. The molecule has 0 bridgehead atoms. The zero-order chi connectivity index (χ0) is 22.2. The minimum absolute atomic E-state index is 0.154. The van der Waals surface area contributed by atoms with Gasteiger partial charge in [0, 0.05) is 25.0 Å². The van der Waals surface area contributed by atoms with Gasteiger partial charge >= 0.3 is 6.01 Å². The van der Waals surface area contributed by atoms with Crippen LogP contribution in [-0.4, -0.2) is 32.7 Å². The number of aryl methyl sites for hydroxylation is 1. The van der Waals surface area contributed by atoms with E-state index in [0.717, 1.165) is 31.2 Å². The number of anilines is 1. The second-order valence-electron chi connectivity index (χ2n) is 8.15. The number of hydrogen-bond acceptors (Lipinski definition) is 7. The van der Waals surface area contributed by atoms with E-state index in [1.165, 1.54) is 0 Å². The number of benzene rings is 1. The van der Waals surface area contributed by atoms with E-state index in [1.807, 2.05) is 31.2 Å².